The van der Waals surface area contributed by atoms with Gasteiger partial charge >= 0.3 is 0 Å². The molecule has 0 saturated heterocycles. The molecule has 0 saturated carbocycles. The van der Waals surface area contributed by atoms with Gasteiger partial charge in [-0.1, -0.05) is 0 Å². The first-order valence-electron chi connectivity index (χ1n) is 6.34. The van der Waals surface area contributed by atoms with Crippen LogP contribution in [-0.2, 0) is 6.54 Å². The van der Waals surface area contributed by atoms with Gasteiger partial charge in [-0.2, -0.15) is 5.10 Å². The van der Waals surface area contributed by atoms with Crippen LogP contribution in [0, 0.1) is 20.8 Å². The van der Waals surface area contributed by atoms with Crippen LogP contribution in [-0.4, -0.2) is 15.6 Å². The van der Waals surface area contributed by atoms with Crippen molar-refractivity contribution in [3.05, 3.63) is 44.9 Å². The molecule has 0 aliphatic heterocycles. The van der Waals surface area contributed by atoms with E-state index in [1.807, 2.05) is 24.6 Å². The lowest BCUT2D eigenvalue weighted by Crippen LogP contribution is -2.01. The SMILES string of the molecule is CCn1ncc(C(=O)/C=C/c2cc(C)sc2C)c1C. The number of nitrogens with zero attached hydrogens (tertiary/aromatic N) is 2. The van der Waals surface area contributed by atoms with E-state index in [1.54, 1.807) is 23.6 Å². The Bertz CT molecular complexity index is 635. The summed E-state index contributed by atoms with van der Waals surface area (Å²) >= 11 is 1.75. The lowest BCUT2D eigenvalue weighted by molar-refractivity contribution is 0.104. The van der Waals surface area contributed by atoms with Crippen LogP contribution in [0.25, 0.3) is 6.08 Å². The minimum Gasteiger partial charge on any atom is -0.289 e. The first-order chi connectivity index (χ1) is 9.02. The van der Waals surface area contributed by atoms with E-state index in [1.165, 1.54) is 9.75 Å². The summed E-state index contributed by atoms with van der Waals surface area (Å²) < 4.78 is 1.83. The number of thiophene rings is 1. The minimum atomic E-state index is 0.0143. The fourth-order valence-corrected chi connectivity index (χ4v) is 2.99. The van der Waals surface area contributed by atoms with E-state index < -0.39 is 0 Å². The van der Waals surface area contributed by atoms with Gasteiger partial charge in [-0.05, 0) is 51.5 Å². The molecule has 2 rings (SSSR count). The summed E-state index contributed by atoms with van der Waals surface area (Å²) in [5, 5.41) is 4.20. The van der Waals surface area contributed by atoms with Crippen molar-refractivity contribution in [1.29, 1.82) is 0 Å². The fraction of sp³-hybridized carbons (Fsp3) is 0.333. The summed E-state index contributed by atoms with van der Waals surface area (Å²) in [6.07, 6.45) is 5.18. The highest BCUT2D eigenvalue weighted by Gasteiger charge is 2.11. The number of hydrogen-bond donors (Lipinski definition) is 0. The molecule has 19 heavy (non-hydrogen) atoms. The summed E-state index contributed by atoms with van der Waals surface area (Å²) in [7, 11) is 0. The van der Waals surface area contributed by atoms with Crippen molar-refractivity contribution in [2.45, 2.75) is 34.2 Å². The van der Waals surface area contributed by atoms with Gasteiger partial charge in [0.05, 0.1) is 11.8 Å². The van der Waals surface area contributed by atoms with E-state index in [0.29, 0.717) is 5.56 Å². The second-order valence-corrected chi connectivity index (χ2v) is 5.99. The molecular formula is C15H18N2OS. The lowest BCUT2D eigenvalue weighted by atomic mass is 10.1. The molecule has 0 bridgehead atoms. The topological polar surface area (TPSA) is 34.9 Å². The molecule has 0 unspecified atom stereocenters. The van der Waals surface area contributed by atoms with Gasteiger partial charge in [-0.3, -0.25) is 9.48 Å². The first-order valence-corrected chi connectivity index (χ1v) is 7.16. The third-order valence-corrected chi connectivity index (χ3v) is 4.14. The molecule has 2 aromatic heterocycles. The average Bonchev–Trinajstić information content (AvgIpc) is 2.89. The van der Waals surface area contributed by atoms with Crippen molar-refractivity contribution in [1.82, 2.24) is 9.78 Å². The normalized spacial score (nSPS) is 11.4. The predicted molar refractivity (Wildman–Crippen MR) is 79.8 cm³/mol. The summed E-state index contributed by atoms with van der Waals surface area (Å²) in [5.41, 5.74) is 2.73. The summed E-state index contributed by atoms with van der Waals surface area (Å²) in [5.74, 6) is 0.0143. The minimum absolute atomic E-state index is 0.0143. The zero-order valence-electron chi connectivity index (χ0n) is 11.7. The largest absolute Gasteiger partial charge is 0.289 e. The van der Waals surface area contributed by atoms with Crippen LogP contribution < -0.4 is 0 Å². The molecule has 2 aromatic rings. The summed E-state index contributed by atoms with van der Waals surface area (Å²) in [6.45, 7) is 8.87. The van der Waals surface area contributed by atoms with Crippen LogP contribution in [0.15, 0.2) is 18.3 Å². The van der Waals surface area contributed by atoms with Gasteiger partial charge in [-0.15, -0.1) is 11.3 Å². The zero-order valence-corrected chi connectivity index (χ0v) is 12.5. The predicted octanol–water partition coefficient (Wildman–Crippen LogP) is 3.79. The molecule has 0 radical (unpaired) electrons. The molecule has 0 aromatic carbocycles. The second-order valence-electron chi connectivity index (χ2n) is 4.53. The third-order valence-electron chi connectivity index (χ3n) is 3.16. The highest BCUT2D eigenvalue weighted by molar-refractivity contribution is 7.12. The highest BCUT2D eigenvalue weighted by atomic mass is 32.1. The molecule has 0 aliphatic rings. The molecule has 100 valence electrons. The Morgan fingerprint density at radius 1 is 1.42 bits per heavy atom. The summed E-state index contributed by atoms with van der Waals surface area (Å²) in [4.78, 5) is 14.7. The maximum atomic E-state index is 12.1. The van der Waals surface area contributed by atoms with Gasteiger partial charge in [0.25, 0.3) is 0 Å². The van der Waals surface area contributed by atoms with Crippen LogP contribution in [0.4, 0.5) is 0 Å². The Kier molecular flexibility index (Phi) is 4.00. The standard InChI is InChI=1S/C15H18N2OS/c1-5-17-11(3)14(9-16-17)15(18)7-6-13-8-10(2)19-12(13)4/h6-9H,5H2,1-4H3/b7-6+. The van der Waals surface area contributed by atoms with Gasteiger partial charge in [0.15, 0.2) is 5.78 Å². The van der Waals surface area contributed by atoms with Crippen molar-refractivity contribution in [3.63, 3.8) is 0 Å². The Balaban J connectivity index is 2.21. The maximum absolute atomic E-state index is 12.1. The summed E-state index contributed by atoms with van der Waals surface area (Å²) in [6, 6.07) is 2.10. The number of aryl methyl sites for hydroxylation is 3. The van der Waals surface area contributed by atoms with Crippen molar-refractivity contribution < 1.29 is 4.79 Å². The average molecular weight is 274 g/mol. The van der Waals surface area contributed by atoms with Crippen molar-refractivity contribution >= 4 is 23.2 Å². The number of aromatic nitrogens is 2. The smallest absolute Gasteiger partial charge is 0.189 e. The van der Waals surface area contributed by atoms with Crippen LogP contribution in [0.5, 0.6) is 0 Å². The van der Waals surface area contributed by atoms with Crippen molar-refractivity contribution in [2.75, 3.05) is 0 Å². The molecule has 2 heterocycles. The van der Waals surface area contributed by atoms with Gasteiger partial charge in [0.2, 0.25) is 0 Å². The molecule has 4 heteroatoms. The number of ketones is 1. The Morgan fingerprint density at radius 3 is 2.68 bits per heavy atom. The molecule has 0 spiro atoms. The van der Waals surface area contributed by atoms with Gasteiger partial charge in [0, 0.05) is 22.0 Å². The number of carbonyl (C=O) groups excluding carboxylic acids is 1. The zero-order chi connectivity index (χ0) is 14.0. The monoisotopic (exact) mass is 274 g/mol. The lowest BCUT2D eigenvalue weighted by Gasteiger charge is -1.99. The number of carbonyl (C=O) groups is 1. The quantitative estimate of drug-likeness (QED) is 0.628. The number of allylic oxidation sites excluding steroid dienone is 1. The van der Waals surface area contributed by atoms with E-state index in [4.69, 9.17) is 0 Å². The molecule has 0 atom stereocenters. The fourth-order valence-electron chi connectivity index (χ4n) is 2.08. The number of rotatable bonds is 4. The van der Waals surface area contributed by atoms with Crippen molar-refractivity contribution in [3.8, 4) is 0 Å². The van der Waals surface area contributed by atoms with Crippen molar-refractivity contribution in [2.24, 2.45) is 0 Å². The third kappa shape index (κ3) is 2.84. The highest BCUT2D eigenvalue weighted by Crippen LogP contribution is 2.22. The van der Waals surface area contributed by atoms with Gasteiger partial charge in [-0.25, -0.2) is 0 Å². The van der Waals surface area contributed by atoms with E-state index >= 15 is 0 Å². The molecule has 3 nitrogen and oxygen atoms in total. The Hall–Kier alpha value is -1.68. The number of hydrogen-bond acceptors (Lipinski definition) is 3. The van der Waals surface area contributed by atoms with E-state index in [0.717, 1.165) is 17.8 Å². The Morgan fingerprint density at radius 2 is 2.16 bits per heavy atom. The van der Waals surface area contributed by atoms with E-state index in [-0.39, 0.29) is 5.78 Å². The van der Waals surface area contributed by atoms with Crippen LogP contribution in [0.2, 0.25) is 0 Å². The molecule has 0 amide bonds. The van der Waals surface area contributed by atoms with Crippen LogP contribution in [0.1, 0.15) is 38.3 Å². The molecule has 0 fully saturated rings. The molecule has 0 N–H and O–H groups in total. The molecule has 0 aliphatic carbocycles. The second kappa shape index (κ2) is 5.53. The van der Waals surface area contributed by atoms with E-state index in [9.17, 15) is 4.79 Å². The van der Waals surface area contributed by atoms with Gasteiger partial charge < -0.3 is 0 Å². The Labute approximate surface area is 117 Å². The van der Waals surface area contributed by atoms with Gasteiger partial charge in [0.1, 0.15) is 0 Å². The molecular weight excluding hydrogens is 256 g/mol. The van der Waals surface area contributed by atoms with E-state index in [2.05, 4.69) is 25.0 Å². The van der Waals surface area contributed by atoms with Crippen LogP contribution >= 0.6 is 11.3 Å². The van der Waals surface area contributed by atoms with Crippen LogP contribution in [0.3, 0.4) is 0 Å². The maximum Gasteiger partial charge on any atom is 0.189 e. The first kappa shape index (κ1) is 13.7.